The highest BCUT2D eigenvalue weighted by atomic mass is 28.4. The topological polar surface area (TPSA) is 49.7 Å². The second-order valence-electron chi connectivity index (χ2n) is 8.65. The van der Waals surface area contributed by atoms with Gasteiger partial charge in [0, 0.05) is 0 Å². The Hall–Kier alpha value is -0.843. The minimum atomic E-state index is -1.92. The minimum absolute atomic E-state index is 0.0805. The standard InChI is InChI=1S/C18H32O3Si/c1-17(2,3)16(20)15-11-14(10-9-13(15)12-19)21-22(7,8)18(4,5)6/h9-11,16,19-20H,12H2,1-8H3. The summed E-state index contributed by atoms with van der Waals surface area (Å²) >= 11 is 0. The fourth-order valence-electron chi connectivity index (χ4n) is 1.95. The summed E-state index contributed by atoms with van der Waals surface area (Å²) < 4.78 is 6.32. The van der Waals surface area contributed by atoms with Crippen LogP contribution in [0.25, 0.3) is 0 Å². The fraction of sp³-hybridized carbons (Fsp3) is 0.667. The van der Waals surface area contributed by atoms with Crippen molar-refractivity contribution in [2.75, 3.05) is 0 Å². The Balaban J connectivity index is 3.21. The van der Waals surface area contributed by atoms with Crippen molar-refractivity contribution in [1.29, 1.82) is 0 Å². The SMILES string of the molecule is CC(C)(C)C(O)c1cc(O[Si](C)(C)C(C)(C)C)ccc1CO. The van der Waals surface area contributed by atoms with Crippen molar-refractivity contribution in [3.05, 3.63) is 29.3 Å². The molecule has 0 aliphatic carbocycles. The smallest absolute Gasteiger partial charge is 0.250 e. The molecule has 0 heterocycles. The Kier molecular flexibility index (Phi) is 5.53. The van der Waals surface area contributed by atoms with E-state index in [1.54, 1.807) is 0 Å². The van der Waals surface area contributed by atoms with E-state index in [1.807, 2.05) is 39.0 Å². The monoisotopic (exact) mass is 324 g/mol. The van der Waals surface area contributed by atoms with Gasteiger partial charge in [0.15, 0.2) is 0 Å². The van der Waals surface area contributed by atoms with E-state index in [2.05, 4.69) is 33.9 Å². The normalized spacial score (nSPS) is 14.8. The van der Waals surface area contributed by atoms with Crippen LogP contribution in [0.2, 0.25) is 18.1 Å². The predicted molar refractivity (Wildman–Crippen MR) is 94.6 cm³/mol. The van der Waals surface area contributed by atoms with Crippen molar-refractivity contribution in [1.82, 2.24) is 0 Å². The Morgan fingerprint density at radius 2 is 1.64 bits per heavy atom. The van der Waals surface area contributed by atoms with Crippen LogP contribution in [-0.2, 0) is 6.61 Å². The summed E-state index contributed by atoms with van der Waals surface area (Å²) in [5.41, 5.74) is 1.22. The number of hydrogen-bond acceptors (Lipinski definition) is 3. The largest absolute Gasteiger partial charge is 0.543 e. The molecule has 1 aromatic rings. The van der Waals surface area contributed by atoms with Gasteiger partial charge in [-0.25, -0.2) is 0 Å². The van der Waals surface area contributed by atoms with Crippen LogP contribution < -0.4 is 4.43 Å². The van der Waals surface area contributed by atoms with E-state index < -0.39 is 14.4 Å². The van der Waals surface area contributed by atoms with E-state index in [0.717, 1.165) is 16.9 Å². The highest BCUT2D eigenvalue weighted by Gasteiger charge is 2.39. The summed E-state index contributed by atoms with van der Waals surface area (Å²) in [5, 5.41) is 20.3. The van der Waals surface area contributed by atoms with Crippen LogP contribution in [0.1, 0.15) is 58.8 Å². The highest BCUT2D eigenvalue weighted by molar-refractivity contribution is 6.74. The number of rotatable bonds is 4. The molecule has 0 amide bonds. The number of benzene rings is 1. The van der Waals surface area contributed by atoms with Crippen molar-refractivity contribution < 1.29 is 14.6 Å². The summed E-state index contributed by atoms with van der Waals surface area (Å²) in [7, 11) is -1.92. The number of hydrogen-bond donors (Lipinski definition) is 2. The van der Waals surface area contributed by atoms with Gasteiger partial charge in [-0.1, -0.05) is 47.6 Å². The average molecular weight is 325 g/mol. The maximum Gasteiger partial charge on any atom is 0.250 e. The second-order valence-corrected chi connectivity index (χ2v) is 13.4. The first kappa shape index (κ1) is 19.2. The van der Waals surface area contributed by atoms with Crippen molar-refractivity contribution in [2.24, 2.45) is 5.41 Å². The van der Waals surface area contributed by atoms with Gasteiger partial charge in [-0.05, 0) is 46.8 Å². The van der Waals surface area contributed by atoms with E-state index in [0.29, 0.717) is 0 Å². The summed E-state index contributed by atoms with van der Waals surface area (Å²) in [6.45, 7) is 16.9. The Morgan fingerprint density at radius 3 is 2.05 bits per heavy atom. The van der Waals surface area contributed by atoms with Gasteiger partial charge in [0.25, 0.3) is 0 Å². The van der Waals surface area contributed by atoms with Crippen molar-refractivity contribution in [3.63, 3.8) is 0 Å². The molecule has 0 aliphatic rings. The van der Waals surface area contributed by atoms with Gasteiger partial charge in [0.1, 0.15) is 5.75 Å². The van der Waals surface area contributed by atoms with Crippen LogP contribution in [0.5, 0.6) is 5.75 Å². The first-order valence-electron chi connectivity index (χ1n) is 7.90. The molecule has 0 spiro atoms. The van der Waals surface area contributed by atoms with Gasteiger partial charge >= 0.3 is 0 Å². The number of aliphatic hydroxyl groups is 2. The lowest BCUT2D eigenvalue weighted by molar-refractivity contribution is 0.0606. The Morgan fingerprint density at radius 1 is 1.09 bits per heavy atom. The van der Waals surface area contributed by atoms with E-state index in [-0.39, 0.29) is 17.1 Å². The molecule has 2 N–H and O–H groups in total. The molecule has 3 nitrogen and oxygen atoms in total. The highest BCUT2D eigenvalue weighted by Crippen LogP contribution is 2.40. The molecule has 0 bridgehead atoms. The number of aliphatic hydroxyl groups excluding tert-OH is 2. The Bertz CT molecular complexity index is 510. The summed E-state index contributed by atoms with van der Waals surface area (Å²) in [5.74, 6) is 0.780. The molecule has 4 heteroatoms. The fourth-order valence-corrected chi connectivity index (χ4v) is 2.97. The van der Waals surface area contributed by atoms with Gasteiger partial charge in [0.05, 0.1) is 12.7 Å². The quantitative estimate of drug-likeness (QED) is 0.793. The lowest BCUT2D eigenvalue weighted by atomic mass is 9.83. The second kappa shape index (κ2) is 6.34. The van der Waals surface area contributed by atoms with Gasteiger partial charge in [-0.15, -0.1) is 0 Å². The molecule has 126 valence electrons. The average Bonchev–Trinajstić information content (AvgIpc) is 2.34. The van der Waals surface area contributed by atoms with Crippen molar-refractivity contribution in [3.8, 4) is 5.75 Å². The lowest BCUT2D eigenvalue weighted by Crippen LogP contribution is -2.43. The van der Waals surface area contributed by atoms with Crippen molar-refractivity contribution >= 4 is 8.32 Å². The molecule has 0 fully saturated rings. The predicted octanol–water partition coefficient (Wildman–Crippen LogP) is 4.64. The van der Waals surface area contributed by atoms with E-state index in [9.17, 15) is 10.2 Å². The van der Waals surface area contributed by atoms with Crippen molar-refractivity contribution in [2.45, 2.75) is 72.4 Å². The molecule has 1 aromatic carbocycles. The zero-order valence-corrected chi connectivity index (χ0v) is 16.3. The zero-order chi connectivity index (χ0) is 17.3. The third-order valence-corrected chi connectivity index (χ3v) is 8.94. The molecule has 0 radical (unpaired) electrons. The molecule has 0 aromatic heterocycles. The van der Waals surface area contributed by atoms with Crippen LogP contribution in [0.4, 0.5) is 0 Å². The van der Waals surface area contributed by atoms with Crippen LogP contribution >= 0.6 is 0 Å². The van der Waals surface area contributed by atoms with E-state index in [1.165, 1.54) is 0 Å². The molecule has 0 saturated carbocycles. The molecule has 1 rings (SSSR count). The zero-order valence-electron chi connectivity index (χ0n) is 15.3. The van der Waals surface area contributed by atoms with Gasteiger partial charge < -0.3 is 14.6 Å². The molecular formula is C18H32O3Si. The molecule has 22 heavy (non-hydrogen) atoms. The van der Waals surface area contributed by atoms with Crippen LogP contribution in [0, 0.1) is 5.41 Å². The first-order chi connectivity index (χ1) is 9.79. The van der Waals surface area contributed by atoms with Crippen LogP contribution in [-0.4, -0.2) is 18.5 Å². The minimum Gasteiger partial charge on any atom is -0.543 e. The Labute approximate surface area is 136 Å². The van der Waals surface area contributed by atoms with Gasteiger partial charge in [-0.3, -0.25) is 0 Å². The summed E-state index contributed by atoms with van der Waals surface area (Å²) in [6.07, 6.45) is -0.641. The third kappa shape index (κ3) is 4.34. The first-order valence-corrected chi connectivity index (χ1v) is 10.8. The van der Waals surface area contributed by atoms with Crippen LogP contribution in [0.3, 0.4) is 0 Å². The summed E-state index contributed by atoms with van der Waals surface area (Å²) in [6, 6.07) is 5.64. The van der Waals surface area contributed by atoms with Gasteiger partial charge in [0.2, 0.25) is 8.32 Å². The molecular weight excluding hydrogens is 292 g/mol. The molecule has 0 aliphatic heterocycles. The lowest BCUT2D eigenvalue weighted by Gasteiger charge is -2.37. The molecule has 1 unspecified atom stereocenters. The summed E-state index contributed by atoms with van der Waals surface area (Å²) in [4.78, 5) is 0. The third-order valence-electron chi connectivity index (χ3n) is 4.58. The maximum atomic E-state index is 10.6. The van der Waals surface area contributed by atoms with Gasteiger partial charge in [-0.2, -0.15) is 0 Å². The molecule has 0 saturated heterocycles. The van der Waals surface area contributed by atoms with E-state index in [4.69, 9.17) is 4.43 Å². The maximum absolute atomic E-state index is 10.6. The van der Waals surface area contributed by atoms with Crippen LogP contribution in [0.15, 0.2) is 18.2 Å². The van der Waals surface area contributed by atoms with E-state index >= 15 is 0 Å². The molecule has 1 atom stereocenters.